The predicted molar refractivity (Wildman–Crippen MR) is 82.2 cm³/mol. The monoisotopic (exact) mass is 312 g/mol. The lowest BCUT2D eigenvalue weighted by molar-refractivity contribution is -0.128. The molecule has 6 heteroatoms. The van der Waals surface area contributed by atoms with E-state index in [2.05, 4.69) is 10.6 Å². The number of aliphatic hydroxyl groups is 1. The lowest BCUT2D eigenvalue weighted by Crippen LogP contribution is -2.50. The van der Waals surface area contributed by atoms with E-state index in [0.717, 1.165) is 44.9 Å². The molecule has 1 aliphatic heterocycles. The number of carbonyl (C=O) groups is 2. The molecule has 0 aromatic carbocycles. The first-order chi connectivity index (χ1) is 10.6. The summed E-state index contributed by atoms with van der Waals surface area (Å²) in [5.41, 5.74) is 0. The van der Waals surface area contributed by atoms with Crippen LogP contribution in [0, 0.1) is 5.92 Å². The molecular formula is C16H28N2O4. The minimum atomic E-state index is -0.354. The van der Waals surface area contributed by atoms with E-state index in [-0.39, 0.29) is 42.6 Å². The number of carbonyl (C=O) groups excluding carboxylic acids is 2. The van der Waals surface area contributed by atoms with Gasteiger partial charge in [0.25, 0.3) is 0 Å². The molecule has 0 spiro atoms. The van der Waals surface area contributed by atoms with Gasteiger partial charge in [0.05, 0.1) is 18.8 Å². The van der Waals surface area contributed by atoms with Gasteiger partial charge in [-0.2, -0.15) is 0 Å². The van der Waals surface area contributed by atoms with Crippen molar-refractivity contribution in [2.75, 3.05) is 13.2 Å². The Bertz CT molecular complexity index is 382. The summed E-state index contributed by atoms with van der Waals surface area (Å²) in [6.07, 6.45) is 6.40. The van der Waals surface area contributed by atoms with Gasteiger partial charge in [-0.05, 0) is 32.1 Å². The van der Waals surface area contributed by atoms with Crippen LogP contribution in [0.4, 0.5) is 0 Å². The van der Waals surface area contributed by atoms with Crippen LogP contribution in [0.1, 0.15) is 51.9 Å². The zero-order valence-corrected chi connectivity index (χ0v) is 13.3. The maximum absolute atomic E-state index is 11.9. The summed E-state index contributed by atoms with van der Waals surface area (Å²) >= 11 is 0. The third kappa shape index (κ3) is 4.95. The lowest BCUT2D eigenvalue weighted by atomic mass is 9.97. The van der Waals surface area contributed by atoms with E-state index in [1.165, 1.54) is 6.92 Å². The first-order valence-electron chi connectivity index (χ1n) is 8.41. The van der Waals surface area contributed by atoms with Crippen LogP contribution >= 0.6 is 0 Å². The fourth-order valence-electron chi connectivity index (χ4n) is 3.46. The summed E-state index contributed by atoms with van der Waals surface area (Å²) in [5.74, 6) is 0.263. The van der Waals surface area contributed by atoms with Gasteiger partial charge in [-0.3, -0.25) is 9.59 Å². The number of aliphatic hydroxyl groups excluding tert-OH is 1. The zero-order chi connectivity index (χ0) is 15.9. The number of hydrogen-bond donors (Lipinski definition) is 3. The second-order valence-electron chi connectivity index (χ2n) is 6.42. The fourth-order valence-corrected chi connectivity index (χ4v) is 3.46. The molecule has 0 bridgehead atoms. The summed E-state index contributed by atoms with van der Waals surface area (Å²) in [5, 5.41) is 15.2. The molecule has 2 amide bonds. The van der Waals surface area contributed by atoms with E-state index in [9.17, 15) is 14.7 Å². The number of amides is 2. The molecule has 0 unspecified atom stereocenters. The molecule has 2 rings (SSSR count). The Balaban J connectivity index is 1.68. The van der Waals surface area contributed by atoms with Crippen molar-refractivity contribution in [3.05, 3.63) is 0 Å². The molecule has 3 atom stereocenters. The van der Waals surface area contributed by atoms with Crippen LogP contribution in [0.5, 0.6) is 0 Å². The summed E-state index contributed by atoms with van der Waals surface area (Å²) in [6.45, 7) is 1.98. The van der Waals surface area contributed by atoms with E-state index >= 15 is 0 Å². The molecule has 2 fully saturated rings. The van der Waals surface area contributed by atoms with Gasteiger partial charge in [-0.15, -0.1) is 0 Å². The van der Waals surface area contributed by atoms with Gasteiger partial charge in [0.1, 0.15) is 6.10 Å². The maximum atomic E-state index is 11.9. The topological polar surface area (TPSA) is 87.7 Å². The predicted octanol–water partition coefficient (Wildman–Crippen LogP) is 0.728. The molecule has 0 radical (unpaired) electrons. The molecule has 0 aromatic heterocycles. The molecule has 1 heterocycles. The van der Waals surface area contributed by atoms with Gasteiger partial charge in [0.2, 0.25) is 11.8 Å². The Morgan fingerprint density at radius 1 is 1.18 bits per heavy atom. The standard InChI is InChI=1S/C16H28N2O4/c1-11(20)18-14-7-6-13(22-15(14)10-19)8-9-17-16(21)12-4-2-3-5-12/h12-15,19H,2-10H2,1H3,(H,17,21)(H,18,20)/t13-,14-,15-/m1/s1. The summed E-state index contributed by atoms with van der Waals surface area (Å²) in [4.78, 5) is 23.1. The first-order valence-corrected chi connectivity index (χ1v) is 8.41. The van der Waals surface area contributed by atoms with Gasteiger partial charge in [-0.1, -0.05) is 12.8 Å². The summed E-state index contributed by atoms with van der Waals surface area (Å²) in [6, 6.07) is -0.119. The fraction of sp³-hybridized carbons (Fsp3) is 0.875. The second-order valence-corrected chi connectivity index (χ2v) is 6.42. The number of hydrogen-bond acceptors (Lipinski definition) is 4. The first kappa shape index (κ1) is 17.2. The van der Waals surface area contributed by atoms with Crippen molar-refractivity contribution in [3.8, 4) is 0 Å². The molecule has 6 nitrogen and oxygen atoms in total. The highest BCUT2D eigenvalue weighted by atomic mass is 16.5. The van der Waals surface area contributed by atoms with Crippen LogP contribution in [0.2, 0.25) is 0 Å². The maximum Gasteiger partial charge on any atom is 0.223 e. The van der Waals surface area contributed by atoms with Crippen LogP contribution in [0.3, 0.4) is 0 Å². The third-order valence-corrected chi connectivity index (χ3v) is 4.68. The van der Waals surface area contributed by atoms with Crippen molar-refractivity contribution >= 4 is 11.8 Å². The zero-order valence-electron chi connectivity index (χ0n) is 13.3. The van der Waals surface area contributed by atoms with Crippen molar-refractivity contribution in [3.63, 3.8) is 0 Å². The molecule has 1 aliphatic carbocycles. The van der Waals surface area contributed by atoms with Crippen molar-refractivity contribution in [2.45, 2.75) is 70.1 Å². The van der Waals surface area contributed by atoms with Gasteiger partial charge in [0, 0.05) is 19.4 Å². The largest absolute Gasteiger partial charge is 0.394 e. The minimum Gasteiger partial charge on any atom is -0.394 e. The summed E-state index contributed by atoms with van der Waals surface area (Å²) in [7, 11) is 0. The Hall–Kier alpha value is -1.14. The lowest BCUT2D eigenvalue weighted by Gasteiger charge is -2.36. The van der Waals surface area contributed by atoms with Crippen LogP contribution in [-0.4, -0.2) is 48.3 Å². The molecule has 3 N–H and O–H groups in total. The molecule has 126 valence electrons. The Morgan fingerprint density at radius 3 is 2.55 bits per heavy atom. The molecule has 1 saturated heterocycles. The smallest absolute Gasteiger partial charge is 0.223 e. The quantitative estimate of drug-likeness (QED) is 0.674. The average Bonchev–Trinajstić information content (AvgIpc) is 3.02. The minimum absolute atomic E-state index is 0.0334. The Kier molecular flexibility index (Phi) is 6.64. The highest BCUT2D eigenvalue weighted by Gasteiger charge is 2.31. The Morgan fingerprint density at radius 2 is 1.91 bits per heavy atom. The SMILES string of the molecule is CC(=O)N[C@@H]1CC[C@H](CCNC(=O)C2CCCC2)O[C@@H]1CO. The van der Waals surface area contributed by atoms with Crippen molar-refractivity contribution < 1.29 is 19.4 Å². The van der Waals surface area contributed by atoms with Gasteiger partial charge >= 0.3 is 0 Å². The molecule has 1 saturated carbocycles. The summed E-state index contributed by atoms with van der Waals surface area (Å²) < 4.78 is 5.84. The third-order valence-electron chi connectivity index (χ3n) is 4.68. The van der Waals surface area contributed by atoms with Gasteiger partial charge < -0.3 is 20.5 Å². The van der Waals surface area contributed by atoms with E-state index in [0.29, 0.717) is 6.54 Å². The molecular weight excluding hydrogens is 284 g/mol. The van der Waals surface area contributed by atoms with E-state index < -0.39 is 0 Å². The van der Waals surface area contributed by atoms with Gasteiger partial charge in [0.15, 0.2) is 0 Å². The number of ether oxygens (including phenoxy) is 1. The van der Waals surface area contributed by atoms with Crippen molar-refractivity contribution in [1.82, 2.24) is 10.6 Å². The molecule has 0 aromatic rings. The average molecular weight is 312 g/mol. The van der Waals surface area contributed by atoms with Crippen LogP contribution < -0.4 is 10.6 Å². The number of rotatable bonds is 6. The van der Waals surface area contributed by atoms with Gasteiger partial charge in [-0.25, -0.2) is 0 Å². The van der Waals surface area contributed by atoms with Crippen molar-refractivity contribution in [1.29, 1.82) is 0 Å². The Labute approximate surface area is 132 Å². The van der Waals surface area contributed by atoms with Crippen LogP contribution in [0.25, 0.3) is 0 Å². The van der Waals surface area contributed by atoms with Crippen molar-refractivity contribution in [2.24, 2.45) is 5.92 Å². The van der Waals surface area contributed by atoms with E-state index in [1.54, 1.807) is 0 Å². The van der Waals surface area contributed by atoms with E-state index in [4.69, 9.17) is 4.74 Å². The van der Waals surface area contributed by atoms with Crippen LogP contribution in [0.15, 0.2) is 0 Å². The highest BCUT2D eigenvalue weighted by molar-refractivity contribution is 5.78. The van der Waals surface area contributed by atoms with E-state index in [1.807, 2.05) is 0 Å². The normalized spacial score (nSPS) is 29.3. The van der Waals surface area contributed by atoms with Crippen LogP contribution in [-0.2, 0) is 14.3 Å². The molecule has 2 aliphatic rings. The second kappa shape index (κ2) is 8.48. The highest BCUT2D eigenvalue weighted by Crippen LogP contribution is 2.25. The molecule has 22 heavy (non-hydrogen) atoms. The number of nitrogens with one attached hydrogen (secondary N) is 2.